The maximum absolute atomic E-state index is 14.5. The van der Waals surface area contributed by atoms with Crippen LogP contribution in [0.4, 0.5) is 10.5 Å². The van der Waals surface area contributed by atoms with Crippen molar-refractivity contribution in [1.29, 1.82) is 0 Å². The maximum Gasteiger partial charge on any atom is 0.407 e. The molecule has 250 valence electrons. The lowest BCUT2D eigenvalue weighted by atomic mass is 9.78. The van der Waals surface area contributed by atoms with Crippen molar-refractivity contribution < 1.29 is 24.2 Å². The number of hydrogen-bond donors (Lipinski definition) is 1. The Balaban J connectivity index is 1.07. The van der Waals surface area contributed by atoms with Crippen LogP contribution in [0, 0.1) is 18.8 Å². The van der Waals surface area contributed by atoms with Crippen molar-refractivity contribution in [2.75, 3.05) is 31.8 Å². The molecular weight excluding hydrogens is 592 g/mol. The van der Waals surface area contributed by atoms with Gasteiger partial charge in [0.05, 0.1) is 38.6 Å². The topological polar surface area (TPSA) is 97.1 Å². The van der Waals surface area contributed by atoms with E-state index in [1.54, 1.807) is 12.0 Å². The molecule has 1 aliphatic heterocycles. The molecule has 1 aromatic heterocycles. The van der Waals surface area contributed by atoms with Crippen LogP contribution in [0.25, 0.3) is 11.1 Å². The minimum Gasteiger partial charge on any atom is -0.496 e. The number of methoxy groups -OCH3 is 1. The first-order valence-corrected chi connectivity index (χ1v) is 17.6. The molecule has 0 atom stereocenters. The minimum atomic E-state index is -0.878. The highest BCUT2D eigenvalue weighted by Crippen LogP contribution is 2.40. The number of aryl methyl sites for hydroxylation is 1. The Morgan fingerprint density at radius 3 is 2.34 bits per heavy atom. The van der Waals surface area contributed by atoms with Crippen LogP contribution >= 0.6 is 0 Å². The van der Waals surface area contributed by atoms with Gasteiger partial charge >= 0.3 is 6.09 Å². The summed E-state index contributed by atoms with van der Waals surface area (Å²) in [5.41, 5.74) is 5.66. The molecule has 0 spiro atoms. The molecule has 3 aromatic rings. The third-order valence-electron chi connectivity index (χ3n) is 11.1. The van der Waals surface area contributed by atoms with Gasteiger partial charge < -0.3 is 19.5 Å². The van der Waals surface area contributed by atoms with E-state index in [1.807, 2.05) is 6.20 Å². The van der Waals surface area contributed by atoms with Gasteiger partial charge in [-0.1, -0.05) is 24.3 Å². The van der Waals surface area contributed by atoms with Crippen LogP contribution in [0.3, 0.4) is 0 Å². The molecule has 0 radical (unpaired) electrons. The van der Waals surface area contributed by atoms with E-state index in [4.69, 9.17) is 9.47 Å². The number of hydrogen-bond acceptors (Lipinski definition) is 5. The van der Waals surface area contributed by atoms with E-state index < -0.39 is 6.09 Å². The molecule has 1 saturated heterocycles. The monoisotopic (exact) mass is 640 g/mol. The highest BCUT2D eigenvalue weighted by molar-refractivity contribution is 5.95. The number of carbonyl (C=O) groups excluding carboxylic acids is 1. The fourth-order valence-corrected chi connectivity index (χ4v) is 8.11. The third-order valence-corrected chi connectivity index (χ3v) is 11.1. The second-order valence-corrected chi connectivity index (χ2v) is 14.3. The first kappa shape index (κ1) is 31.7. The lowest BCUT2D eigenvalue weighted by Crippen LogP contribution is -2.56. The van der Waals surface area contributed by atoms with Crippen LogP contribution in [-0.4, -0.2) is 70.7 Å². The average molecular weight is 641 g/mol. The Morgan fingerprint density at radius 2 is 1.70 bits per heavy atom. The van der Waals surface area contributed by atoms with E-state index in [2.05, 4.69) is 70.3 Å². The highest BCUT2D eigenvalue weighted by atomic mass is 16.5. The summed E-state index contributed by atoms with van der Waals surface area (Å²) in [6.07, 6.45) is 12.8. The third kappa shape index (κ3) is 6.91. The van der Waals surface area contributed by atoms with Gasteiger partial charge in [-0.3, -0.25) is 14.4 Å². The lowest BCUT2D eigenvalue weighted by molar-refractivity contribution is -0.124. The van der Waals surface area contributed by atoms with Crippen LogP contribution in [0.5, 0.6) is 5.75 Å². The quantitative estimate of drug-likeness (QED) is 0.247. The SMILES string of the molecule is COc1ccc([C@H]2CC[C@H](CN(c3cccc(-c4cnn(C5CC5)c4)c3)C(=O)[C@H]3CC[C@H](N(C(=O)O)C4COC4)CC3)CC2)cc1C. The fraction of sp³-hybridized carbons (Fsp3) is 0.553. The van der Waals surface area contributed by atoms with E-state index >= 15 is 0 Å². The van der Waals surface area contributed by atoms with Gasteiger partial charge in [-0.15, -0.1) is 0 Å². The number of aromatic nitrogens is 2. The van der Waals surface area contributed by atoms with E-state index in [-0.39, 0.29) is 23.9 Å². The molecule has 2 heterocycles. The van der Waals surface area contributed by atoms with Crippen LogP contribution < -0.4 is 9.64 Å². The van der Waals surface area contributed by atoms with Crippen molar-refractivity contribution in [2.24, 2.45) is 11.8 Å². The summed E-state index contributed by atoms with van der Waals surface area (Å²) < 4.78 is 12.9. The number of benzene rings is 2. The second kappa shape index (κ2) is 13.7. The first-order valence-electron chi connectivity index (χ1n) is 17.6. The van der Waals surface area contributed by atoms with E-state index in [0.29, 0.717) is 63.3 Å². The molecule has 2 amide bonds. The van der Waals surface area contributed by atoms with Gasteiger partial charge in [-0.2, -0.15) is 5.10 Å². The molecule has 7 rings (SSSR count). The summed E-state index contributed by atoms with van der Waals surface area (Å²) in [6.45, 7) is 3.75. The Morgan fingerprint density at radius 1 is 0.936 bits per heavy atom. The van der Waals surface area contributed by atoms with Crippen LogP contribution in [0.1, 0.15) is 87.3 Å². The van der Waals surface area contributed by atoms with Crippen molar-refractivity contribution in [3.8, 4) is 16.9 Å². The Hall–Kier alpha value is -3.85. The van der Waals surface area contributed by atoms with Gasteiger partial charge in [-0.05, 0) is 118 Å². The van der Waals surface area contributed by atoms with Crippen molar-refractivity contribution >= 4 is 17.7 Å². The van der Waals surface area contributed by atoms with Crippen molar-refractivity contribution in [2.45, 2.75) is 95.2 Å². The van der Waals surface area contributed by atoms with Gasteiger partial charge in [0.2, 0.25) is 5.91 Å². The summed E-state index contributed by atoms with van der Waals surface area (Å²) in [5, 5.41) is 14.5. The molecule has 2 aromatic carbocycles. The van der Waals surface area contributed by atoms with E-state index in [0.717, 1.165) is 48.2 Å². The molecule has 3 aliphatic carbocycles. The molecule has 9 heteroatoms. The zero-order valence-corrected chi connectivity index (χ0v) is 27.7. The first-order chi connectivity index (χ1) is 22.9. The number of rotatable bonds is 10. The zero-order valence-electron chi connectivity index (χ0n) is 27.7. The number of nitrogens with zero attached hydrogens (tertiary/aromatic N) is 4. The van der Waals surface area contributed by atoms with Crippen molar-refractivity contribution in [3.05, 3.63) is 66.0 Å². The van der Waals surface area contributed by atoms with Crippen LogP contribution in [0.15, 0.2) is 54.9 Å². The smallest absolute Gasteiger partial charge is 0.407 e. The van der Waals surface area contributed by atoms with Gasteiger partial charge in [0.1, 0.15) is 5.75 Å². The molecule has 47 heavy (non-hydrogen) atoms. The second-order valence-electron chi connectivity index (χ2n) is 14.3. The molecule has 1 N–H and O–H groups in total. The molecule has 4 fully saturated rings. The van der Waals surface area contributed by atoms with Gasteiger partial charge in [0.25, 0.3) is 0 Å². The standard InChI is InChI=1S/C38H48N4O5/c1-25-18-30(12-17-36(25)46-2)27-8-6-26(7-9-27)21-40(34-5-3-4-29(19-34)31-20-39-41(22-31)32-15-16-32)37(43)28-10-13-33(14-11-28)42(38(44)45)35-23-47-24-35/h3-5,12,17-20,22,26-28,32-33,35H,6-11,13-16,21,23-24H2,1-2H3,(H,44,45)/t26-,27-,28-,33-. The number of amides is 2. The largest absolute Gasteiger partial charge is 0.496 e. The summed E-state index contributed by atoms with van der Waals surface area (Å²) in [6, 6.07) is 15.4. The molecule has 3 saturated carbocycles. The minimum absolute atomic E-state index is 0.0536. The summed E-state index contributed by atoms with van der Waals surface area (Å²) in [7, 11) is 1.72. The highest BCUT2D eigenvalue weighted by Gasteiger charge is 2.39. The summed E-state index contributed by atoms with van der Waals surface area (Å²) >= 11 is 0. The van der Waals surface area contributed by atoms with Crippen molar-refractivity contribution in [3.63, 3.8) is 0 Å². The van der Waals surface area contributed by atoms with Gasteiger partial charge in [-0.25, -0.2) is 4.79 Å². The Bertz CT molecular complexity index is 1560. The molecular formula is C38H48N4O5. The average Bonchev–Trinajstić information content (AvgIpc) is 3.81. The normalized spacial score (nSPS) is 24.7. The number of carbonyl (C=O) groups is 2. The lowest BCUT2D eigenvalue weighted by Gasteiger charge is -2.43. The molecule has 9 nitrogen and oxygen atoms in total. The summed E-state index contributed by atoms with van der Waals surface area (Å²) in [4.78, 5) is 30.2. The predicted molar refractivity (Wildman–Crippen MR) is 181 cm³/mol. The van der Waals surface area contributed by atoms with Crippen LogP contribution in [-0.2, 0) is 9.53 Å². The number of ether oxygens (including phenoxy) is 2. The Labute approximate surface area is 277 Å². The molecule has 0 bridgehead atoms. The van der Waals surface area contributed by atoms with E-state index in [9.17, 15) is 14.7 Å². The maximum atomic E-state index is 14.5. The number of carboxylic acid groups (broad SMARTS) is 1. The van der Waals surface area contributed by atoms with Crippen molar-refractivity contribution in [1.82, 2.24) is 14.7 Å². The van der Waals surface area contributed by atoms with Gasteiger partial charge in [0, 0.05) is 36.0 Å². The molecule has 0 unspecified atom stereocenters. The van der Waals surface area contributed by atoms with Gasteiger partial charge in [0.15, 0.2) is 0 Å². The zero-order chi connectivity index (χ0) is 32.5. The predicted octanol–water partition coefficient (Wildman–Crippen LogP) is 7.45. The molecule has 4 aliphatic rings. The summed E-state index contributed by atoms with van der Waals surface area (Å²) in [5.74, 6) is 1.95. The van der Waals surface area contributed by atoms with Crippen LogP contribution in [0.2, 0.25) is 0 Å². The fourth-order valence-electron chi connectivity index (χ4n) is 8.11. The van der Waals surface area contributed by atoms with E-state index in [1.165, 1.54) is 24.0 Å². The number of anilines is 1. The Kier molecular flexibility index (Phi) is 9.26.